The summed E-state index contributed by atoms with van der Waals surface area (Å²) in [5.74, 6) is 0. The lowest BCUT2D eigenvalue weighted by Gasteiger charge is -2.09. The molecule has 0 aliphatic carbocycles. The van der Waals surface area contributed by atoms with Crippen LogP contribution in [0.1, 0.15) is 6.92 Å². The Morgan fingerprint density at radius 1 is 1.04 bits per heavy atom. The second kappa shape index (κ2) is 8.79. The first-order chi connectivity index (χ1) is 12.1. The SMILES string of the molecule is CCOC=O.O=S(=O)(Nc1ccccc1)c1cccc2cccnc12. The minimum absolute atomic E-state index is 0.180. The number of fused-ring (bicyclic) bond motifs is 1. The number of anilines is 1. The van der Waals surface area contributed by atoms with Crippen molar-refractivity contribution in [3.8, 4) is 0 Å². The average Bonchev–Trinajstić information content (AvgIpc) is 2.63. The van der Waals surface area contributed by atoms with Crippen molar-refractivity contribution in [1.82, 2.24) is 4.98 Å². The second-order valence-corrected chi connectivity index (χ2v) is 6.51. The van der Waals surface area contributed by atoms with E-state index in [1.807, 2.05) is 18.2 Å². The molecule has 3 aromatic rings. The molecular formula is C18H18N2O4S. The predicted molar refractivity (Wildman–Crippen MR) is 96.7 cm³/mol. The Hall–Kier alpha value is -2.93. The summed E-state index contributed by atoms with van der Waals surface area (Å²) in [6.45, 7) is 2.66. The summed E-state index contributed by atoms with van der Waals surface area (Å²) in [4.78, 5) is 13.5. The maximum Gasteiger partial charge on any atom is 0.293 e. The number of aromatic nitrogens is 1. The third-order valence-electron chi connectivity index (χ3n) is 3.15. The van der Waals surface area contributed by atoms with E-state index in [9.17, 15) is 13.2 Å². The molecule has 0 bridgehead atoms. The van der Waals surface area contributed by atoms with Gasteiger partial charge in [0, 0.05) is 17.3 Å². The zero-order valence-electron chi connectivity index (χ0n) is 13.6. The summed E-state index contributed by atoms with van der Waals surface area (Å²) in [5, 5.41) is 0.795. The van der Waals surface area contributed by atoms with Gasteiger partial charge in [-0.05, 0) is 31.2 Å². The van der Waals surface area contributed by atoms with Crippen molar-refractivity contribution in [3.05, 3.63) is 66.9 Å². The van der Waals surface area contributed by atoms with Crippen LogP contribution in [0, 0.1) is 0 Å². The number of nitrogens with one attached hydrogen (secondary N) is 1. The van der Waals surface area contributed by atoms with Crippen LogP contribution in [0.25, 0.3) is 10.9 Å². The lowest BCUT2D eigenvalue weighted by molar-refractivity contribution is -0.128. The molecule has 0 unspecified atom stereocenters. The molecule has 0 aliphatic heterocycles. The van der Waals surface area contributed by atoms with E-state index in [-0.39, 0.29) is 4.90 Å². The first-order valence-electron chi connectivity index (χ1n) is 7.55. The highest BCUT2D eigenvalue weighted by atomic mass is 32.2. The highest BCUT2D eigenvalue weighted by Gasteiger charge is 2.17. The summed E-state index contributed by atoms with van der Waals surface area (Å²) in [7, 11) is -3.65. The summed E-state index contributed by atoms with van der Waals surface area (Å²) in [5.41, 5.74) is 0.999. The third-order valence-corrected chi connectivity index (χ3v) is 4.56. The molecule has 0 atom stereocenters. The molecule has 6 nitrogen and oxygen atoms in total. The first kappa shape index (κ1) is 18.4. The molecule has 7 heteroatoms. The molecule has 0 spiro atoms. The van der Waals surface area contributed by atoms with Gasteiger partial charge >= 0.3 is 0 Å². The van der Waals surface area contributed by atoms with E-state index in [4.69, 9.17) is 0 Å². The fourth-order valence-electron chi connectivity index (χ4n) is 2.08. The van der Waals surface area contributed by atoms with Gasteiger partial charge in [0.05, 0.1) is 12.1 Å². The van der Waals surface area contributed by atoms with E-state index in [2.05, 4.69) is 14.4 Å². The number of rotatable bonds is 5. The van der Waals surface area contributed by atoms with Crippen LogP contribution in [0.4, 0.5) is 5.69 Å². The number of pyridine rings is 1. The number of para-hydroxylation sites is 2. The fourth-order valence-corrected chi connectivity index (χ4v) is 3.32. The molecule has 3 rings (SSSR count). The molecule has 1 heterocycles. The lowest BCUT2D eigenvalue weighted by atomic mass is 10.2. The monoisotopic (exact) mass is 358 g/mol. The Morgan fingerprint density at radius 2 is 1.76 bits per heavy atom. The van der Waals surface area contributed by atoms with E-state index in [1.54, 1.807) is 55.6 Å². The number of carbonyl (C=O) groups is 1. The van der Waals surface area contributed by atoms with Crippen molar-refractivity contribution >= 4 is 33.1 Å². The van der Waals surface area contributed by atoms with E-state index < -0.39 is 10.0 Å². The van der Waals surface area contributed by atoms with Crippen LogP contribution in [0.2, 0.25) is 0 Å². The number of hydrogen-bond acceptors (Lipinski definition) is 5. The highest BCUT2D eigenvalue weighted by Crippen LogP contribution is 2.22. The molecule has 0 radical (unpaired) electrons. The number of sulfonamides is 1. The smallest absolute Gasteiger partial charge is 0.293 e. The van der Waals surface area contributed by atoms with Crippen LogP contribution in [0.5, 0.6) is 0 Å². The largest absolute Gasteiger partial charge is 0.468 e. The molecule has 130 valence electrons. The van der Waals surface area contributed by atoms with Gasteiger partial charge in [-0.3, -0.25) is 14.5 Å². The van der Waals surface area contributed by atoms with Crippen LogP contribution in [-0.2, 0) is 19.6 Å². The summed E-state index contributed by atoms with van der Waals surface area (Å²) in [6, 6.07) is 17.5. The molecule has 25 heavy (non-hydrogen) atoms. The number of hydrogen-bond donors (Lipinski definition) is 1. The summed E-state index contributed by atoms with van der Waals surface area (Å²) < 4.78 is 31.6. The Kier molecular flexibility index (Phi) is 6.47. The van der Waals surface area contributed by atoms with Crippen molar-refractivity contribution in [2.75, 3.05) is 11.3 Å². The van der Waals surface area contributed by atoms with E-state index in [0.29, 0.717) is 24.3 Å². The van der Waals surface area contributed by atoms with E-state index in [1.165, 1.54) is 0 Å². The number of benzene rings is 2. The topological polar surface area (TPSA) is 85.4 Å². The van der Waals surface area contributed by atoms with Gasteiger partial charge in [-0.15, -0.1) is 0 Å². The maximum atomic E-state index is 12.5. The minimum Gasteiger partial charge on any atom is -0.468 e. The average molecular weight is 358 g/mol. The number of carbonyl (C=O) groups excluding carboxylic acids is 1. The van der Waals surface area contributed by atoms with Crippen LogP contribution < -0.4 is 4.72 Å². The van der Waals surface area contributed by atoms with Crippen LogP contribution in [-0.4, -0.2) is 26.5 Å². The van der Waals surface area contributed by atoms with Crippen molar-refractivity contribution in [3.63, 3.8) is 0 Å². The predicted octanol–water partition coefficient (Wildman–Crippen LogP) is 3.21. The zero-order chi connectivity index (χ0) is 18.1. The molecule has 1 aromatic heterocycles. The van der Waals surface area contributed by atoms with Gasteiger partial charge < -0.3 is 4.74 Å². The quantitative estimate of drug-likeness (QED) is 0.708. The third kappa shape index (κ3) is 5.02. The van der Waals surface area contributed by atoms with Gasteiger partial charge in [0.1, 0.15) is 4.90 Å². The van der Waals surface area contributed by atoms with E-state index >= 15 is 0 Å². The zero-order valence-corrected chi connectivity index (χ0v) is 14.4. The van der Waals surface area contributed by atoms with Gasteiger partial charge in [-0.2, -0.15) is 0 Å². The molecule has 0 aliphatic rings. The Balaban J connectivity index is 0.000000399. The second-order valence-electron chi connectivity index (χ2n) is 4.85. The van der Waals surface area contributed by atoms with Gasteiger partial charge in [0.2, 0.25) is 0 Å². The van der Waals surface area contributed by atoms with Crippen molar-refractivity contribution < 1.29 is 17.9 Å². The van der Waals surface area contributed by atoms with Crippen molar-refractivity contribution in [1.29, 1.82) is 0 Å². The number of ether oxygens (including phenoxy) is 1. The molecule has 1 N–H and O–H groups in total. The molecule has 0 saturated carbocycles. The summed E-state index contributed by atoms with van der Waals surface area (Å²) in [6.07, 6.45) is 1.59. The molecule has 0 saturated heterocycles. The minimum atomic E-state index is -3.65. The van der Waals surface area contributed by atoms with Gasteiger partial charge in [0.15, 0.2) is 0 Å². The van der Waals surface area contributed by atoms with Gasteiger partial charge in [-0.25, -0.2) is 8.42 Å². The van der Waals surface area contributed by atoms with Crippen LogP contribution >= 0.6 is 0 Å². The van der Waals surface area contributed by atoms with Crippen LogP contribution in [0.3, 0.4) is 0 Å². The highest BCUT2D eigenvalue weighted by molar-refractivity contribution is 7.93. The number of nitrogens with zero attached hydrogens (tertiary/aromatic N) is 1. The lowest BCUT2D eigenvalue weighted by Crippen LogP contribution is -2.13. The molecular weight excluding hydrogens is 340 g/mol. The Labute approximate surface area is 146 Å². The standard InChI is InChI=1S/C15H12N2O2S.C3H6O2/c18-20(19,17-13-8-2-1-3-9-13)14-10-4-6-12-7-5-11-16-15(12)14;1-2-5-3-4/h1-11,17H;3H,2H2,1H3. The fraction of sp³-hybridized carbons (Fsp3) is 0.111. The Bertz CT molecular complexity index is 923. The molecule has 0 amide bonds. The van der Waals surface area contributed by atoms with Crippen molar-refractivity contribution in [2.24, 2.45) is 0 Å². The maximum absolute atomic E-state index is 12.5. The van der Waals surface area contributed by atoms with Crippen LogP contribution in [0.15, 0.2) is 71.8 Å². The van der Waals surface area contributed by atoms with Gasteiger partial charge in [-0.1, -0.05) is 36.4 Å². The van der Waals surface area contributed by atoms with Crippen molar-refractivity contribution in [2.45, 2.75) is 11.8 Å². The molecule has 2 aromatic carbocycles. The van der Waals surface area contributed by atoms with E-state index in [0.717, 1.165) is 5.39 Å². The normalized spacial score (nSPS) is 10.4. The Morgan fingerprint density at radius 3 is 2.40 bits per heavy atom. The molecule has 0 fully saturated rings. The summed E-state index contributed by atoms with van der Waals surface area (Å²) >= 11 is 0. The first-order valence-corrected chi connectivity index (χ1v) is 9.03. The van der Waals surface area contributed by atoms with Gasteiger partial charge in [0.25, 0.3) is 16.5 Å².